The molecule has 3 N–H and O–H groups in total. The maximum absolute atomic E-state index is 11.1. The van der Waals surface area contributed by atoms with Crippen molar-refractivity contribution in [2.75, 3.05) is 13.6 Å². The van der Waals surface area contributed by atoms with Crippen LogP contribution in [0.3, 0.4) is 0 Å². The van der Waals surface area contributed by atoms with Gasteiger partial charge in [-0.1, -0.05) is 0 Å². The lowest BCUT2D eigenvalue weighted by Crippen LogP contribution is -2.65. The molecule has 0 bridgehead atoms. The Bertz CT molecular complexity index is 612. The fourth-order valence-corrected chi connectivity index (χ4v) is 3.50. The molecule has 2 aliphatic heterocycles. The summed E-state index contributed by atoms with van der Waals surface area (Å²) in [4.78, 5) is 13.3. The minimum atomic E-state index is -1.74. The van der Waals surface area contributed by atoms with Gasteiger partial charge in [-0.15, -0.1) is 0 Å². The monoisotopic (exact) mass is 338 g/mol. The lowest BCUT2D eigenvalue weighted by atomic mass is 9.97. The van der Waals surface area contributed by atoms with Gasteiger partial charge in [0.1, 0.15) is 18.3 Å². The first kappa shape index (κ1) is 17.2. The average molecular weight is 338 g/mol. The molecule has 2 fully saturated rings. The van der Waals surface area contributed by atoms with Crippen molar-refractivity contribution >= 4 is 5.97 Å². The number of rotatable bonds is 3. The van der Waals surface area contributed by atoms with Crippen molar-refractivity contribution in [3.8, 4) is 0 Å². The van der Waals surface area contributed by atoms with Crippen LogP contribution in [0.15, 0.2) is 24.5 Å². The van der Waals surface area contributed by atoms with Crippen LogP contribution in [0.25, 0.3) is 0 Å². The Kier molecular flexibility index (Phi) is 4.84. The molecule has 3 rings (SSSR count). The summed E-state index contributed by atoms with van der Waals surface area (Å²) in [6, 6.07) is 3.98. The number of carbonyl (C=O) groups is 1. The number of hydrogen-bond donors (Lipinski definition) is 3. The summed E-state index contributed by atoms with van der Waals surface area (Å²) >= 11 is 0. The zero-order chi connectivity index (χ0) is 17.4. The first-order chi connectivity index (χ1) is 11.4. The first-order valence-electron chi connectivity index (χ1n) is 8.01. The van der Waals surface area contributed by atoms with Gasteiger partial charge >= 0.3 is 0 Å². The maximum Gasteiger partial charge on any atom is 0.292 e. The molecule has 1 aromatic rings. The van der Waals surface area contributed by atoms with Crippen molar-refractivity contribution in [3.63, 3.8) is 0 Å². The van der Waals surface area contributed by atoms with E-state index < -0.39 is 36.6 Å². The summed E-state index contributed by atoms with van der Waals surface area (Å²) in [5.41, 5.74) is 1.01. The number of pyridine rings is 1. The molecule has 0 radical (unpaired) electrons. The second-order valence-corrected chi connectivity index (χ2v) is 6.46. The predicted octanol–water partition coefficient (Wildman–Crippen LogP) is -2.53. The summed E-state index contributed by atoms with van der Waals surface area (Å²) < 4.78 is 6.83. The lowest BCUT2D eigenvalue weighted by Gasteiger charge is -2.37. The molecule has 0 spiro atoms. The average Bonchev–Trinajstić information content (AvgIpc) is 2.99. The zero-order valence-electron chi connectivity index (χ0n) is 13.4. The molecule has 0 aromatic carbocycles. The van der Waals surface area contributed by atoms with E-state index in [-0.39, 0.29) is 6.04 Å². The van der Waals surface area contributed by atoms with Crippen LogP contribution in [0, 0.1) is 0 Å². The molecule has 2 saturated heterocycles. The number of aromatic nitrogens is 1. The Morgan fingerprint density at radius 2 is 2.08 bits per heavy atom. The molecule has 8 heteroatoms. The Morgan fingerprint density at radius 1 is 1.33 bits per heavy atom. The number of likely N-dealkylation sites (tertiary alicyclic amines) is 1. The number of carboxylic acid groups (broad SMARTS) is 1. The Balaban J connectivity index is 1.88. The number of carboxylic acids is 1. The Hall–Kier alpha value is -1.58. The predicted molar refractivity (Wildman–Crippen MR) is 78.2 cm³/mol. The molecular formula is C16H22N2O6. The fourth-order valence-electron chi connectivity index (χ4n) is 3.50. The van der Waals surface area contributed by atoms with E-state index in [1.807, 2.05) is 13.1 Å². The maximum atomic E-state index is 11.1. The number of ether oxygens (including phenoxy) is 1. The van der Waals surface area contributed by atoms with Crippen molar-refractivity contribution in [2.45, 2.75) is 49.5 Å². The van der Waals surface area contributed by atoms with Crippen LogP contribution in [0.5, 0.6) is 0 Å². The molecule has 6 atom stereocenters. The summed E-state index contributed by atoms with van der Waals surface area (Å²) in [7, 11) is 2.03. The van der Waals surface area contributed by atoms with Crippen LogP contribution in [0.2, 0.25) is 0 Å². The van der Waals surface area contributed by atoms with Crippen molar-refractivity contribution in [2.24, 2.45) is 0 Å². The molecular weight excluding hydrogens is 316 g/mol. The number of carbonyl (C=O) groups excluding carboxylic acids is 1. The van der Waals surface area contributed by atoms with Gasteiger partial charge in [0.05, 0.1) is 5.97 Å². The highest BCUT2D eigenvalue weighted by Crippen LogP contribution is 2.30. The zero-order valence-corrected chi connectivity index (χ0v) is 13.4. The Morgan fingerprint density at radius 3 is 2.71 bits per heavy atom. The smallest absolute Gasteiger partial charge is 0.292 e. The summed E-state index contributed by atoms with van der Waals surface area (Å²) in [5, 5.41) is 41.0. The van der Waals surface area contributed by atoms with Crippen LogP contribution < -0.4 is 9.67 Å². The van der Waals surface area contributed by atoms with E-state index in [0.717, 1.165) is 24.9 Å². The first-order valence-corrected chi connectivity index (χ1v) is 8.01. The second-order valence-electron chi connectivity index (χ2n) is 6.46. The van der Waals surface area contributed by atoms with Gasteiger partial charge in [-0.05, 0) is 32.5 Å². The minimum Gasteiger partial charge on any atom is -0.547 e. The molecule has 132 valence electrons. The van der Waals surface area contributed by atoms with Gasteiger partial charge in [0.15, 0.2) is 18.5 Å². The quantitative estimate of drug-likeness (QED) is 0.520. The largest absolute Gasteiger partial charge is 0.547 e. The number of nitrogens with zero attached hydrogens (tertiary/aromatic N) is 2. The van der Waals surface area contributed by atoms with Gasteiger partial charge in [-0.3, -0.25) is 4.90 Å². The molecule has 1 aromatic heterocycles. The van der Waals surface area contributed by atoms with Gasteiger partial charge in [0.25, 0.3) is 6.23 Å². The summed E-state index contributed by atoms with van der Waals surface area (Å²) in [6.07, 6.45) is -2.18. The highest BCUT2D eigenvalue weighted by Gasteiger charge is 2.48. The van der Waals surface area contributed by atoms with Crippen LogP contribution in [-0.4, -0.2) is 64.2 Å². The van der Waals surface area contributed by atoms with E-state index in [9.17, 15) is 25.2 Å². The molecule has 8 nitrogen and oxygen atoms in total. The van der Waals surface area contributed by atoms with Crippen molar-refractivity contribution < 1.29 is 34.5 Å². The van der Waals surface area contributed by atoms with E-state index in [0.29, 0.717) is 0 Å². The molecule has 0 saturated carbocycles. The van der Waals surface area contributed by atoms with E-state index in [1.54, 1.807) is 18.5 Å². The highest BCUT2D eigenvalue weighted by molar-refractivity contribution is 5.71. The van der Waals surface area contributed by atoms with E-state index in [1.165, 1.54) is 4.57 Å². The van der Waals surface area contributed by atoms with Gasteiger partial charge in [0.2, 0.25) is 0 Å². The second kappa shape index (κ2) is 6.73. The normalized spacial score (nSPS) is 37.5. The van der Waals surface area contributed by atoms with Crippen LogP contribution in [0.1, 0.15) is 30.7 Å². The molecule has 0 amide bonds. The molecule has 24 heavy (non-hydrogen) atoms. The number of aliphatic hydroxyl groups excluding tert-OH is 3. The van der Waals surface area contributed by atoms with Crippen LogP contribution >= 0.6 is 0 Å². The molecule has 2 aliphatic rings. The Labute approximate surface area is 139 Å². The van der Waals surface area contributed by atoms with E-state index in [4.69, 9.17) is 4.74 Å². The van der Waals surface area contributed by atoms with E-state index >= 15 is 0 Å². The van der Waals surface area contributed by atoms with Gasteiger partial charge in [-0.25, -0.2) is 0 Å². The van der Waals surface area contributed by atoms with Crippen molar-refractivity contribution in [1.29, 1.82) is 0 Å². The SMILES string of the molecule is CN1CCCC1c1ccc[n+]([C@@H]2O[C@H](C(=O)[O-])[C@@H](O)[C@H](O)[C@H]2O)c1. The third kappa shape index (κ3) is 3.03. The number of hydrogen-bond acceptors (Lipinski definition) is 7. The fraction of sp³-hybridized carbons (Fsp3) is 0.625. The lowest BCUT2D eigenvalue weighted by molar-refractivity contribution is -0.777. The van der Waals surface area contributed by atoms with Crippen molar-refractivity contribution in [1.82, 2.24) is 4.90 Å². The minimum absolute atomic E-state index is 0.241. The molecule has 1 unspecified atom stereocenters. The van der Waals surface area contributed by atoms with E-state index in [2.05, 4.69) is 4.90 Å². The number of aliphatic carboxylic acids is 1. The third-order valence-corrected chi connectivity index (χ3v) is 4.86. The highest BCUT2D eigenvalue weighted by atomic mass is 16.6. The molecule has 0 aliphatic carbocycles. The number of aliphatic hydroxyl groups is 3. The molecule has 3 heterocycles. The van der Waals surface area contributed by atoms with Crippen molar-refractivity contribution in [3.05, 3.63) is 30.1 Å². The van der Waals surface area contributed by atoms with Crippen LogP contribution in [0.4, 0.5) is 0 Å². The summed E-state index contributed by atoms with van der Waals surface area (Å²) in [5.74, 6) is -1.63. The summed E-state index contributed by atoms with van der Waals surface area (Å²) in [6.45, 7) is 1.000. The standard InChI is InChI=1S/C16H22N2O6/c1-17-6-3-5-10(17)9-4-2-7-18(8-9)15-13(21)11(19)12(20)14(24-15)16(22)23/h2,4,7-8,10-15,19-21H,3,5-6H2,1H3/t10?,11-,12-,13+,14-,15+/m0/s1. The topological polar surface area (TPSA) is 117 Å². The third-order valence-electron chi connectivity index (χ3n) is 4.86. The van der Waals surface area contributed by atoms with Gasteiger partial charge in [0, 0.05) is 17.7 Å². The van der Waals surface area contributed by atoms with Gasteiger partial charge in [-0.2, -0.15) is 4.57 Å². The van der Waals surface area contributed by atoms with Crippen LogP contribution in [-0.2, 0) is 9.53 Å². The van der Waals surface area contributed by atoms with Gasteiger partial charge < -0.3 is 30.0 Å².